The van der Waals surface area contributed by atoms with Crippen LogP contribution in [0.2, 0.25) is 0 Å². The van der Waals surface area contributed by atoms with Crippen LogP contribution in [0.1, 0.15) is 36.9 Å². The molecule has 0 spiro atoms. The zero-order valence-corrected chi connectivity index (χ0v) is 18.3. The van der Waals surface area contributed by atoms with Gasteiger partial charge in [-0.2, -0.15) is 18.3 Å². The van der Waals surface area contributed by atoms with Gasteiger partial charge in [-0.25, -0.2) is 4.79 Å². The van der Waals surface area contributed by atoms with Crippen LogP contribution < -0.4 is 11.2 Å². The van der Waals surface area contributed by atoms with E-state index in [4.69, 9.17) is 0 Å². The van der Waals surface area contributed by atoms with Crippen LogP contribution >= 0.6 is 0 Å². The first-order valence-corrected chi connectivity index (χ1v) is 11.3. The van der Waals surface area contributed by atoms with Gasteiger partial charge in [-0.15, -0.1) is 0 Å². The summed E-state index contributed by atoms with van der Waals surface area (Å²) in [6.07, 6.45) is 0.712. The van der Waals surface area contributed by atoms with Gasteiger partial charge in [-0.3, -0.25) is 18.6 Å². The fourth-order valence-corrected chi connectivity index (χ4v) is 4.86. The number of fused-ring (bicyclic) bond motifs is 2. The van der Waals surface area contributed by atoms with Crippen LogP contribution in [0.3, 0.4) is 0 Å². The smallest absolute Gasteiger partial charge is 0.349 e. The Morgan fingerprint density at radius 1 is 1.18 bits per heavy atom. The molecule has 2 saturated carbocycles. The normalized spacial score (nSPS) is 21.1. The standard InChI is InChI=1S/C24H22F3N5O2/c1-2-6-31-22(33)20-19(32(23(31)34)21-16-8-17(16)21)9-18(29-20)14-10-28-30(12-14)11-13-4-3-5-15(7-13)24(25,26)27/h3-5,7,9-10,12,16-17,21,29H,2,6,8,11H2,1H3. The van der Waals surface area contributed by atoms with Gasteiger partial charge in [-0.05, 0) is 48.4 Å². The highest BCUT2D eigenvalue weighted by Crippen LogP contribution is 2.71. The van der Waals surface area contributed by atoms with E-state index in [2.05, 4.69) is 10.1 Å². The number of nitrogens with zero attached hydrogens (tertiary/aromatic N) is 4. The van der Waals surface area contributed by atoms with E-state index < -0.39 is 11.7 Å². The second-order valence-corrected chi connectivity index (χ2v) is 9.23. The molecule has 34 heavy (non-hydrogen) atoms. The van der Waals surface area contributed by atoms with Crippen LogP contribution in [0.15, 0.2) is 52.3 Å². The second-order valence-electron chi connectivity index (χ2n) is 9.23. The Kier molecular flexibility index (Phi) is 4.46. The molecular weight excluding hydrogens is 447 g/mol. The Bertz CT molecular complexity index is 1530. The van der Waals surface area contributed by atoms with Crippen LogP contribution in [0.25, 0.3) is 22.3 Å². The molecule has 7 nitrogen and oxygen atoms in total. The van der Waals surface area contributed by atoms with E-state index in [9.17, 15) is 22.8 Å². The maximum absolute atomic E-state index is 13.1. The zero-order chi connectivity index (χ0) is 23.8. The minimum atomic E-state index is -4.40. The van der Waals surface area contributed by atoms with Gasteiger partial charge < -0.3 is 4.98 Å². The topological polar surface area (TPSA) is 77.6 Å². The van der Waals surface area contributed by atoms with Gasteiger partial charge in [0.25, 0.3) is 5.56 Å². The molecule has 176 valence electrons. The Balaban J connectivity index is 1.37. The minimum absolute atomic E-state index is 0.158. The highest BCUT2D eigenvalue weighted by Gasteiger charge is 2.66. The fraction of sp³-hybridized carbons (Fsp3) is 0.375. The number of benzene rings is 1. The van der Waals surface area contributed by atoms with Crippen molar-refractivity contribution in [3.8, 4) is 11.3 Å². The van der Waals surface area contributed by atoms with E-state index in [0.29, 0.717) is 52.7 Å². The summed E-state index contributed by atoms with van der Waals surface area (Å²) in [5, 5.41) is 4.29. The maximum atomic E-state index is 13.1. The second kappa shape index (κ2) is 7.22. The lowest BCUT2D eigenvalue weighted by Crippen LogP contribution is -2.40. The molecule has 3 heterocycles. The van der Waals surface area contributed by atoms with E-state index in [1.165, 1.54) is 10.6 Å². The fourth-order valence-electron chi connectivity index (χ4n) is 4.86. The van der Waals surface area contributed by atoms with Crippen molar-refractivity contribution in [2.24, 2.45) is 11.8 Å². The average Bonchev–Trinajstić information content (AvgIpc) is 3.59. The van der Waals surface area contributed by atoms with Crippen molar-refractivity contribution in [2.45, 2.75) is 45.1 Å². The molecule has 0 saturated heterocycles. The quantitative estimate of drug-likeness (QED) is 0.463. The number of rotatable bonds is 6. The summed E-state index contributed by atoms with van der Waals surface area (Å²) in [4.78, 5) is 29.3. The number of aromatic nitrogens is 5. The van der Waals surface area contributed by atoms with Crippen molar-refractivity contribution in [3.63, 3.8) is 0 Å². The number of H-pyrrole nitrogens is 1. The predicted octanol–water partition coefficient (Wildman–Crippen LogP) is 4.02. The molecule has 0 radical (unpaired) electrons. The molecular formula is C24H22F3N5O2. The molecule has 6 rings (SSSR count). The Morgan fingerprint density at radius 3 is 2.65 bits per heavy atom. The van der Waals surface area contributed by atoms with E-state index in [1.807, 2.05) is 6.92 Å². The summed E-state index contributed by atoms with van der Waals surface area (Å²) in [6, 6.07) is 7.11. The Hall–Kier alpha value is -3.56. The molecule has 2 fully saturated rings. The van der Waals surface area contributed by atoms with Crippen molar-refractivity contribution >= 4 is 11.0 Å². The van der Waals surface area contributed by atoms with Crippen molar-refractivity contribution in [1.82, 2.24) is 23.9 Å². The average molecular weight is 469 g/mol. The molecule has 2 aliphatic carbocycles. The van der Waals surface area contributed by atoms with Gasteiger partial charge in [0.05, 0.1) is 29.5 Å². The summed E-state index contributed by atoms with van der Waals surface area (Å²) in [5.74, 6) is 1.06. The third kappa shape index (κ3) is 3.31. The number of nitrogens with one attached hydrogen (secondary N) is 1. The number of hydrogen-bond donors (Lipinski definition) is 1. The van der Waals surface area contributed by atoms with Gasteiger partial charge >= 0.3 is 11.9 Å². The number of halogens is 3. The van der Waals surface area contributed by atoms with Crippen molar-refractivity contribution in [2.75, 3.05) is 0 Å². The zero-order valence-electron chi connectivity index (χ0n) is 18.3. The first-order chi connectivity index (χ1) is 16.3. The molecule has 4 aromatic rings. The Labute approximate surface area is 191 Å². The molecule has 2 atom stereocenters. The van der Waals surface area contributed by atoms with Crippen LogP contribution in [0, 0.1) is 11.8 Å². The first-order valence-electron chi connectivity index (χ1n) is 11.3. The third-order valence-corrected chi connectivity index (χ3v) is 6.87. The number of hydrogen-bond acceptors (Lipinski definition) is 3. The van der Waals surface area contributed by atoms with Crippen LogP contribution in [0.5, 0.6) is 0 Å². The molecule has 2 aliphatic rings. The number of aromatic amines is 1. The maximum Gasteiger partial charge on any atom is 0.416 e. The minimum Gasteiger partial charge on any atom is -0.349 e. The summed E-state index contributed by atoms with van der Waals surface area (Å²) < 4.78 is 43.7. The van der Waals surface area contributed by atoms with E-state index >= 15 is 0 Å². The van der Waals surface area contributed by atoms with E-state index in [0.717, 1.165) is 18.6 Å². The molecule has 0 aliphatic heterocycles. The number of alkyl halides is 3. The predicted molar refractivity (Wildman–Crippen MR) is 120 cm³/mol. The van der Waals surface area contributed by atoms with Gasteiger partial charge in [0.15, 0.2) is 0 Å². The summed E-state index contributed by atoms with van der Waals surface area (Å²) in [6.45, 7) is 2.45. The van der Waals surface area contributed by atoms with Crippen molar-refractivity contribution in [1.29, 1.82) is 0 Å². The summed E-state index contributed by atoms with van der Waals surface area (Å²) in [7, 11) is 0. The molecule has 1 N–H and O–H groups in total. The van der Waals surface area contributed by atoms with Crippen LogP contribution in [0.4, 0.5) is 13.2 Å². The molecule has 0 amide bonds. The van der Waals surface area contributed by atoms with Crippen molar-refractivity contribution < 1.29 is 13.2 Å². The lowest BCUT2D eigenvalue weighted by molar-refractivity contribution is -0.137. The summed E-state index contributed by atoms with van der Waals surface area (Å²) >= 11 is 0. The third-order valence-electron chi connectivity index (χ3n) is 6.87. The van der Waals surface area contributed by atoms with Crippen molar-refractivity contribution in [3.05, 3.63) is 74.7 Å². The van der Waals surface area contributed by atoms with Gasteiger partial charge in [0.2, 0.25) is 0 Å². The SMILES string of the molecule is CCCn1c(=O)c2[nH]c(-c3cnn(Cc4cccc(C(F)(F)F)c4)c3)cc2n(C2C3CC32)c1=O. The highest BCUT2D eigenvalue weighted by molar-refractivity contribution is 5.82. The largest absolute Gasteiger partial charge is 0.416 e. The monoisotopic (exact) mass is 469 g/mol. The molecule has 10 heteroatoms. The molecule has 3 aromatic heterocycles. The molecule has 2 unspecified atom stereocenters. The van der Waals surface area contributed by atoms with Gasteiger partial charge in [-0.1, -0.05) is 19.1 Å². The van der Waals surface area contributed by atoms with E-state index in [1.54, 1.807) is 33.8 Å². The lowest BCUT2D eigenvalue weighted by Gasteiger charge is -2.13. The van der Waals surface area contributed by atoms with Crippen LogP contribution in [-0.4, -0.2) is 23.9 Å². The highest BCUT2D eigenvalue weighted by atomic mass is 19.4. The molecule has 0 bridgehead atoms. The first kappa shape index (κ1) is 21.0. The van der Waals surface area contributed by atoms with E-state index in [-0.39, 0.29) is 23.8 Å². The van der Waals surface area contributed by atoms with Crippen LogP contribution in [-0.2, 0) is 19.3 Å². The molecule has 1 aromatic carbocycles. The Morgan fingerprint density at radius 2 is 1.97 bits per heavy atom. The van der Waals surface area contributed by atoms with Gasteiger partial charge in [0, 0.05) is 24.3 Å². The summed E-state index contributed by atoms with van der Waals surface area (Å²) in [5.41, 5.74) is 1.49. The van der Waals surface area contributed by atoms with Gasteiger partial charge in [0.1, 0.15) is 5.52 Å². The lowest BCUT2D eigenvalue weighted by atomic mass is 10.1.